The molecule has 0 saturated heterocycles. The van der Waals surface area contributed by atoms with E-state index in [0.29, 0.717) is 6.54 Å². The summed E-state index contributed by atoms with van der Waals surface area (Å²) in [5.74, 6) is -0.300. The van der Waals surface area contributed by atoms with Gasteiger partial charge in [-0.1, -0.05) is 6.92 Å². The minimum Gasteiger partial charge on any atom is -0.378 e. The average molecular weight is 395 g/mol. The zero-order valence-electron chi connectivity index (χ0n) is 14.2. The molecule has 0 heterocycles. The van der Waals surface area contributed by atoms with Gasteiger partial charge in [-0.05, 0) is 19.2 Å². The summed E-state index contributed by atoms with van der Waals surface area (Å²) in [4.78, 5) is 22.1. The summed E-state index contributed by atoms with van der Waals surface area (Å²) in [5.41, 5.74) is -0.127. The van der Waals surface area contributed by atoms with Crippen LogP contribution < -0.4 is 16.0 Å². The number of amides is 1. The van der Waals surface area contributed by atoms with Crippen LogP contribution in [0.5, 0.6) is 0 Å². The molecule has 1 atom stereocenters. The van der Waals surface area contributed by atoms with Crippen molar-refractivity contribution in [3.05, 3.63) is 28.3 Å². The van der Waals surface area contributed by atoms with Gasteiger partial charge in [0.2, 0.25) is 5.91 Å². The van der Waals surface area contributed by atoms with Crippen molar-refractivity contribution in [3.63, 3.8) is 0 Å². The summed E-state index contributed by atoms with van der Waals surface area (Å²) in [7, 11) is -1.77. The van der Waals surface area contributed by atoms with Crippen LogP contribution in [0.15, 0.2) is 23.1 Å². The number of nitrogens with one attached hydrogen (secondary N) is 3. The van der Waals surface area contributed by atoms with Crippen molar-refractivity contribution in [1.82, 2.24) is 10.6 Å². The Morgan fingerprint density at radius 2 is 1.96 bits per heavy atom. The van der Waals surface area contributed by atoms with Gasteiger partial charge in [0.25, 0.3) is 5.69 Å². The van der Waals surface area contributed by atoms with E-state index in [1.165, 1.54) is 12.1 Å². The fraction of sp³-hybridized carbons (Fsp3) is 0.500. The van der Waals surface area contributed by atoms with Gasteiger partial charge in [-0.2, -0.15) is 0 Å². The Morgan fingerprint density at radius 1 is 1.32 bits per heavy atom. The Morgan fingerprint density at radius 3 is 2.48 bits per heavy atom. The van der Waals surface area contributed by atoms with Gasteiger partial charge in [-0.15, -0.1) is 12.4 Å². The lowest BCUT2D eigenvalue weighted by atomic mass is 10.1. The van der Waals surface area contributed by atoms with Crippen LogP contribution in [0, 0.1) is 16.0 Å². The summed E-state index contributed by atoms with van der Waals surface area (Å²) < 4.78 is 23.0. The van der Waals surface area contributed by atoms with Crippen molar-refractivity contribution in [1.29, 1.82) is 0 Å². The molecule has 1 unspecified atom stereocenters. The number of nitro groups is 1. The number of anilines is 1. The summed E-state index contributed by atoms with van der Waals surface area (Å²) >= 11 is 0. The third-order valence-corrected chi connectivity index (χ3v) is 4.40. The maximum atomic E-state index is 11.7. The average Bonchev–Trinajstić information content (AvgIpc) is 2.50. The number of carbonyl (C=O) groups excluding carboxylic acids is 1. The summed E-state index contributed by atoms with van der Waals surface area (Å²) in [6.45, 7) is 2.90. The van der Waals surface area contributed by atoms with Crippen LogP contribution in [-0.4, -0.2) is 52.2 Å². The van der Waals surface area contributed by atoms with Crippen LogP contribution in [0.25, 0.3) is 0 Å². The van der Waals surface area contributed by atoms with Crippen LogP contribution in [0.3, 0.4) is 0 Å². The van der Waals surface area contributed by atoms with Crippen molar-refractivity contribution in [2.75, 3.05) is 38.3 Å². The Kier molecular flexibility index (Phi) is 9.39. The van der Waals surface area contributed by atoms with Gasteiger partial charge in [-0.3, -0.25) is 14.9 Å². The highest BCUT2D eigenvalue weighted by molar-refractivity contribution is 7.90. The number of nitro benzene ring substituents is 1. The van der Waals surface area contributed by atoms with E-state index in [1.807, 2.05) is 0 Å². The van der Waals surface area contributed by atoms with Gasteiger partial charge in [0, 0.05) is 37.9 Å². The van der Waals surface area contributed by atoms with Gasteiger partial charge in [-0.25, -0.2) is 8.42 Å². The van der Waals surface area contributed by atoms with Crippen molar-refractivity contribution in [2.45, 2.75) is 11.8 Å². The predicted octanol–water partition coefficient (Wildman–Crippen LogP) is 0.804. The lowest BCUT2D eigenvalue weighted by Crippen LogP contribution is -2.36. The van der Waals surface area contributed by atoms with Crippen LogP contribution in [-0.2, 0) is 14.6 Å². The van der Waals surface area contributed by atoms with Gasteiger partial charge in [0.1, 0.15) is 5.69 Å². The molecule has 0 fully saturated rings. The smallest absolute Gasteiger partial charge is 0.293 e. The Labute approximate surface area is 153 Å². The first-order valence-corrected chi connectivity index (χ1v) is 9.20. The maximum Gasteiger partial charge on any atom is 0.293 e. The summed E-state index contributed by atoms with van der Waals surface area (Å²) in [6.07, 6.45) is 0.987. The van der Waals surface area contributed by atoms with E-state index in [9.17, 15) is 23.3 Å². The molecular weight excluding hydrogens is 372 g/mol. The molecule has 0 aliphatic heterocycles. The first kappa shape index (κ1) is 23.1. The number of halogens is 1. The monoisotopic (exact) mass is 394 g/mol. The van der Waals surface area contributed by atoms with E-state index in [1.54, 1.807) is 14.0 Å². The molecule has 1 aromatic rings. The van der Waals surface area contributed by atoms with Gasteiger partial charge in [0.15, 0.2) is 9.84 Å². The molecule has 142 valence electrons. The number of rotatable bonds is 9. The van der Waals surface area contributed by atoms with Crippen molar-refractivity contribution in [3.8, 4) is 0 Å². The summed E-state index contributed by atoms with van der Waals surface area (Å²) in [6, 6.07) is 3.67. The first-order valence-electron chi connectivity index (χ1n) is 7.31. The molecule has 0 spiro atoms. The molecule has 0 bridgehead atoms. The van der Waals surface area contributed by atoms with Crippen LogP contribution >= 0.6 is 12.4 Å². The number of nitrogens with zero attached hydrogens (tertiary/aromatic N) is 1. The molecule has 0 saturated carbocycles. The molecule has 0 aromatic heterocycles. The molecule has 1 amide bonds. The maximum absolute atomic E-state index is 11.7. The van der Waals surface area contributed by atoms with E-state index in [4.69, 9.17) is 0 Å². The second-order valence-corrected chi connectivity index (χ2v) is 7.40. The molecular formula is C14H23ClN4O5S. The fourth-order valence-corrected chi connectivity index (χ4v) is 2.64. The van der Waals surface area contributed by atoms with Crippen molar-refractivity contribution in [2.24, 2.45) is 5.92 Å². The second kappa shape index (κ2) is 10.2. The Bertz CT molecular complexity index is 711. The van der Waals surface area contributed by atoms with Gasteiger partial charge >= 0.3 is 0 Å². The SMILES string of the molecule is CNCC(C)C(=O)NCCNc1ccc(S(C)(=O)=O)cc1[N+](=O)[O-].Cl. The molecule has 25 heavy (non-hydrogen) atoms. The predicted molar refractivity (Wildman–Crippen MR) is 98.0 cm³/mol. The highest BCUT2D eigenvalue weighted by atomic mass is 35.5. The molecule has 0 aliphatic rings. The zero-order chi connectivity index (χ0) is 18.3. The minimum absolute atomic E-state index is 0. The van der Waals surface area contributed by atoms with E-state index >= 15 is 0 Å². The lowest BCUT2D eigenvalue weighted by molar-refractivity contribution is -0.384. The van der Waals surface area contributed by atoms with Gasteiger partial charge < -0.3 is 16.0 Å². The van der Waals surface area contributed by atoms with E-state index < -0.39 is 14.8 Å². The summed E-state index contributed by atoms with van der Waals surface area (Å²) in [5, 5.41) is 19.5. The van der Waals surface area contributed by atoms with Crippen LogP contribution in [0.2, 0.25) is 0 Å². The van der Waals surface area contributed by atoms with Crippen molar-refractivity contribution < 1.29 is 18.1 Å². The second-order valence-electron chi connectivity index (χ2n) is 5.38. The number of carbonyl (C=O) groups is 1. The van der Waals surface area contributed by atoms with Gasteiger partial charge in [0.05, 0.1) is 9.82 Å². The third kappa shape index (κ3) is 7.24. The molecule has 9 nitrogen and oxygen atoms in total. The molecule has 1 aromatic carbocycles. The van der Waals surface area contributed by atoms with Crippen LogP contribution in [0.1, 0.15) is 6.92 Å². The quantitative estimate of drug-likeness (QED) is 0.321. The standard InChI is InChI=1S/C14H22N4O5S.ClH/c1-10(9-15-2)14(19)17-7-6-16-12-5-4-11(24(3,22)23)8-13(12)18(20)21;/h4-5,8,10,15-16H,6-7,9H2,1-3H3,(H,17,19);1H. The van der Waals surface area contributed by atoms with Crippen LogP contribution in [0.4, 0.5) is 11.4 Å². The number of hydrogen-bond acceptors (Lipinski definition) is 7. The molecule has 1 rings (SSSR count). The zero-order valence-corrected chi connectivity index (χ0v) is 15.9. The molecule has 0 aliphatic carbocycles. The Balaban J connectivity index is 0.00000576. The largest absolute Gasteiger partial charge is 0.378 e. The molecule has 3 N–H and O–H groups in total. The highest BCUT2D eigenvalue weighted by Crippen LogP contribution is 2.27. The third-order valence-electron chi connectivity index (χ3n) is 3.29. The number of sulfone groups is 1. The van der Waals surface area contributed by atoms with E-state index in [-0.39, 0.29) is 53.6 Å². The first-order chi connectivity index (χ1) is 11.2. The molecule has 11 heteroatoms. The lowest BCUT2D eigenvalue weighted by Gasteiger charge is -2.12. The fourth-order valence-electron chi connectivity index (χ4n) is 2.00. The topological polar surface area (TPSA) is 130 Å². The number of hydrogen-bond donors (Lipinski definition) is 3. The number of benzene rings is 1. The van der Waals surface area contributed by atoms with Crippen molar-refractivity contribution >= 4 is 39.5 Å². The molecule has 0 radical (unpaired) electrons. The Hall–Kier alpha value is -1.91. The van der Waals surface area contributed by atoms with E-state index in [0.717, 1.165) is 12.3 Å². The normalized spacial score (nSPS) is 12.0. The van der Waals surface area contributed by atoms with E-state index in [2.05, 4.69) is 16.0 Å². The highest BCUT2D eigenvalue weighted by Gasteiger charge is 2.18. The minimum atomic E-state index is -3.52.